The minimum absolute atomic E-state index is 0.198. The van der Waals surface area contributed by atoms with Crippen molar-refractivity contribution in [3.8, 4) is 17.4 Å². The van der Waals surface area contributed by atoms with E-state index in [-0.39, 0.29) is 42.9 Å². The summed E-state index contributed by atoms with van der Waals surface area (Å²) in [5, 5.41) is 0. The summed E-state index contributed by atoms with van der Waals surface area (Å²) in [6.45, 7) is 0.951. The molecule has 1 aliphatic heterocycles. The number of amides is 1. The molecule has 0 saturated carbocycles. The second-order valence-electron chi connectivity index (χ2n) is 7.14. The zero-order chi connectivity index (χ0) is 22.6. The Morgan fingerprint density at radius 2 is 1.56 bits per heavy atom. The van der Waals surface area contributed by atoms with E-state index in [9.17, 15) is 13.2 Å². The van der Waals surface area contributed by atoms with Gasteiger partial charge in [0.1, 0.15) is 17.1 Å². The van der Waals surface area contributed by atoms with E-state index in [1.165, 1.54) is 23.5 Å². The van der Waals surface area contributed by atoms with Crippen molar-refractivity contribution in [2.24, 2.45) is 0 Å². The van der Waals surface area contributed by atoms with Crippen molar-refractivity contribution in [3.05, 3.63) is 78.5 Å². The number of pyridine rings is 1. The Balaban J connectivity index is 1.45. The van der Waals surface area contributed by atoms with Gasteiger partial charge in [0.15, 0.2) is 0 Å². The molecule has 32 heavy (non-hydrogen) atoms. The number of benzene rings is 2. The lowest BCUT2D eigenvalue weighted by Gasteiger charge is -2.34. The van der Waals surface area contributed by atoms with Crippen molar-refractivity contribution in [3.63, 3.8) is 0 Å². The van der Waals surface area contributed by atoms with Gasteiger partial charge in [-0.15, -0.1) is 0 Å². The molecule has 1 fully saturated rings. The van der Waals surface area contributed by atoms with Crippen LogP contribution in [0.4, 0.5) is 0 Å². The first-order valence-electron chi connectivity index (χ1n) is 10.1. The Morgan fingerprint density at radius 1 is 0.875 bits per heavy atom. The fourth-order valence-corrected chi connectivity index (χ4v) is 4.86. The second-order valence-corrected chi connectivity index (χ2v) is 9.08. The van der Waals surface area contributed by atoms with Crippen molar-refractivity contribution >= 4 is 15.9 Å². The van der Waals surface area contributed by atoms with Crippen LogP contribution >= 0.6 is 0 Å². The van der Waals surface area contributed by atoms with Gasteiger partial charge in [0.25, 0.3) is 5.91 Å². The molecule has 2 aromatic carbocycles. The Morgan fingerprint density at radius 3 is 2.22 bits per heavy atom. The normalized spacial score (nSPS) is 14.7. The first kappa shape index (κ1) is 21.8. The number of carbonyl (C=O) groups excluding carboxylic acids is 1. The number of ether oxygens (including phenoxy) is 2. The van der Waals surface area contributed by atoms with Crippen LogP contribution in [0, 0.1) is 0 Å². The summed E-state index contributed by atoms with van der Waals surface area (Å²) in [4.78, 5) is 19.2. The SMILES string of the molecule is COc1ccc(S(=O)(=O)N2CCN(C(=O)c3cccnc3Oc3ccccc3)CC2)cc1. The lowest BCUT2D eigenvalue weighted by atomic mass is 10.2. The van der Waals surface area contributed by atoms with E-state index in [0.29, 0.717) is 17.1 Å². The molecule has 166 valence electrons. The number of para-hydroxylation sites is 1. The summed E-state index contributed by atoms with van der Waals surface area (Å²) < 4.78 is 38.2. The first-order valence-corrected chi connectivity index (χ1v) is 11.5. The van der Waals surface area contributed by atoms with Gasteiger partial charge in [0, 0.05) is 32.4 Å². The highest BCUT2D eigenvalue weighted by molar-refractivity contribution is 7.89. The molecule has 0 aliphatic carbocycles. The van der Waals surface area contributed by atoms with Gasteiger partial charge in [0.05, 0.1) is 12.0 Å². The van der Waals surface area contributed by atoms with Crippen LogP contribution in [0.3, 0.4) is 0 Å². The molecule has 1 aromatic heterocycles. The van der Waals surface area contributed by atoms with Crippen LogP contribution in [-0.4, -0.2) is 61.8 Å². The first-order chi connectivity index (χ1) is 15.5. The number of aromatic nitrogens is 1. The number of piperazine rings is 1. The molecule has 0 N–H and O–H groups in total. The van der Waals surface area contributed by atoms with E-state index in [1.807, 2.05) is 18.2 Å². The number of nitrogens with zero attached hydrogens (tertiary/aromatic N) is 3. The summed E-state index contributed by atoms with van der Waals surface area (Å²) in [5.41, 5.74) is 0.336. The van der Waals surface area contributed by atoms with Crippen LogP contribution in [-0.2, 0) is 10.0 Å². The standard InChI is InChI=1S/C23H23N3O5S/c1-30-18-9-11-20(12-10-18)32(28,29)26-16-14-25(15-17-26)23(27)21-8-5-13-24-22(21)31-19-6-3-2-4-7-19/h2-13H,14-17H2,1H3. The number of carbonyl (C=O) groups is 1. The molecule has 0 radical (unpaired) electrons. The molecule has 0 spiro atoms. The number of sulfonamides is 1. The van der Waals surface area contributed by atoms with Crippen LogP contribution in [0.1, 0.15) is 10.4 Å². The molecular weight excluding hydrogens is 430 g/mol. The molecule has 1 amide bonds. The van der Waals surface area contributed by atoms with Gasteiger partial charge >= 0.3 is 0 Å². The Hall–Kier alpha value is -3.43. The monoisotopic (exact) mass is 453 g/mol. The predicted octanol–water partition coefficient (Wildman–Crippen LogP) is 3.03. The van der Waals surface area contributed by atoms with E-state index in [4.69, 9.17) is 9.47 Å². The lowest BCUT2D eigenvalue weighted by molar-refractivity contribution is 0.0694. The summed E-state index contributed by atoms with van der Waals surface area (Å²) in [5.74, 6) is 1.14. The lowest BCUT2D eigenvalue weighted by Crippen LogP contribution is -2.50. The molecular formula is C23H23N3O5S. The molecule has 1 aliphatic rings. The van der Waals surface area contributed by atoms with Gasteiger partial charge in [-0.1, -0.05) is 18.2 Å². The van der Waals surface area contributed by atoms with E-state index in [0.717, 1.165) is 0 Å². The summed E-state index contributed by atoms with van der Waals surface area (Å²) in [7, 11) is -2.12. The Kier molecular flexibility index (Phi) is 6.38. The second kappa shape index (κ2) is 9.37. The number of methoxy groups -OCH3 is 1. The van der Waals surface area contributed by atoms with Gasteiger partial charge in [-0.05, 0) is 48.5 Å². The van der Waals surface area contributed by atoms with Crippen LogP contribution in [0.15, 0.2) is 77.8 Å². The minimum Gasteiger partial charge on any atom is -0.497 e. The molecule has 0 atom stereocenters. The van der Waals surface area contributed by atoms with Crippen molar-refractivity contribution in [1.82, 2.24) is 14.2 Å². The van der Waals surface area contributed by atoms with E-state index < -0.39 is 10.0 Å². The number of hydrogen-bond donors (Lipinski definition) is 0. The number of hydrogen-bond acceptors (Lipinski definition) is 6. The van der Waals surface area contributed by atoms with Crippen LogP contribution in [0.2, 0.25) is 0 Å². The third-order valence-electron chi connectivity index (χ3n) is 5.18. The average Bonchev–Trinajstić information content (AvgIpc) is 2.85. The number of rotatable bonds is 6. The predicted molar refractivity (Wildman–Crippen MR) is 118 cm³/mol. The van der Waals surface area contributed by atoms with Crippen molar-refractivity contribution in [2.75, 3.05) is 33.3 Å². The largest absolute Gasteiger partial charge is 0.497 e. The zero-order valence-electron chi connectivity index (χ0n) is 17.5. The Labute approximate surface area is 187 Å². The van der Waals surface area contributed by atoms with Gasteiger partial charge in [-0.2, -0.15) is 4.31 Å². The molecule has 0 unspecified atom stereocenters. The average molecular weight is 454 g/mol. The van der Waals surface area contributed by atoms with Gasteiger partial charge in [0.2, 0.25) is 15.9 Å². The third kappa shape index (κ3) is 4.58. The van der Waals surface area contributed by atoms with Gasteiger partial charge in [-0.25, -0.2) is 13.4 Å². The minimum atomic E-state index is -3.65. The van der Waals surface area contributed by atoms with Gasteiger partial charge < -0.3 is 14.4 Å². The zero-order valence-corrected chi connectivity index (χ0v) is 18.4. The third-order valence-corrected chi connectivity index (χ3v) is 7.10. The molecule has 0 bridgehead atoms. The van der Waals surface area contributed by atoms with E-state index >= 15 is 0 Å². The topological polar surface area (TPSA) is 89.0 Å². The summed E-state index contributed by atoms with van der Waals surface area (Å²) in [6, 6.07) is 18.7. The fraction of sp³-hybridized carbons (Fsp3) is 0.217. The molecule has 8 nitrogen and oxygen atoms in total. The highest BCUT2D eigenvalue weighted by Gasteiger charge is 2.31. The van der Waals surface area contributed by atoms with Gasteiger partial charge in [-0.3, -0.25) is 4.79 Å². The van der Waals surface area contributed by atoms with Crippen LogP contribution in [0.5, 0.6) is 17.4 Å². The van der Waals surface area contributed by atoms with Crippen molar-refractivity contribution in [1.29, 1.82) is 0 Å². The highest BCUT2D eigenvalue weighted by atomic mass is 32.2. The maximum Gasteiger partial charge on any atom is 0.259 e. The molecule has 3 aromatic rings. The molecule has 9 heteroatoms. The van der Waals surface area contributed by atoms with Crippen molar-refractivity contribution in [2.45, 2.75) is 4.90 Å². The quantitative estimate of drug-likeness (QED) is 0.570. The maximum absolute atomic E-state index is 13.1. The summed E-state index contributed by atoms with van der Waals surface area (Å²) in [6.07, 6.45) is 1.56. The van der Waals surface area contributed by atoms with Crippen molar-refractivity contribution < 1.29 is 22.7 Å². The molecule has 4 rings (SSSR count). The van der Waals surface area contributed by atoms with Crippen LogP contribution in [0.25, 0.3) is 0 Å². The highest BCUT2D eigenvalue weighted by Crippen LogP contribution is 2.25. The smallest absolute Gasteiger partial charge is 0.259 e. The maximum atomic E-state index is 13.1. The summed E-state index contributed by atoms with van der Waals surface area (Å²) >= 11 is 0. The van der Waals surface area contributed by atoms with Crippen LogP contribution < -0.4 is 9.47 Å². The molecule has 2 heterocycles. The van der Waals surface area contributed by atoms with E-state index in [2.05, 4.69) is 4.98 Å². The Bertz CT molecular complexity index is 1180. The fourth-order valence-electron chi connectivity index (χ4n) is 3.43. The van der Waals surface area contributed by atoms with E-state index in [1.54, 1.807) is 47.5 Å². The molecule has 1 saturated heterocycles.